The third-order valence-electron chi connectivity index (χ3n) is 6.65. The van der Waals surface area contributed by atoms with E-state index in [-0.39, 0.29) is 0 Å². The van der Waals surface area contributed by atoms with Crippen molar-refractivity contribution < 1.29 is 4.79 Å². The Hall–Kier alpha value is 0.0200. The maximum Gasteiger partial charge on any atom is 0.144 e. The minimum Gasteiger partial charge on any atom is -0.299 e. The summed E-state index contributed by atoms with van der Waals surface area (Å²) in [5.74, 6) is 0.662. The van der Waals surface area contributed by atoms with Gasteiger partial charge in [-0.05, 0) is 55.3 Å². The zero-order valence-electron chi connectivity index (χ0n) is 13.9. The van der Waals surface area contributed by atoms with E-state index in [1.807, 2.05) is 0 Å². The largest absolute Gasteiger partial charge is 0.299 e. The van der Waals surface area contributed by atoms with Crippen molar-refractivity contribution in [1.29, 1.82) is 0 Å². The van der Waals surface area contributed by atoms with Crippen LogP contribution in [0.15, 0.2) is 0 Å². The van der Waals surface area contributed by atoms with Gasteiger partial charge in [0.2, 0.25) is 0 Å². The molecule has 0 N–H and O–H groups in total. The molecule has 3 aliphatic carbocycles. The summed E-state index contributed by atoms with van der Waals surface area (Å²) in [5.41, 5.74) is 0. The van der Waals surface area contributed by atoms with E-state index in [0.29, 0.717) is 11.0 Å². The van der Waals surface area contributed by atoms with Gasteiger partial charge in [0.1, 0.15) is 5.78 Å². The molecule has 3 saturated carbocycles. The average molecular weight is 311 g/mol. The van der Waals surface area contributed by atoms with Crippen LogP contribution in [0.5, 0.6) is 0 Å². The Balaban J connectivity index is 1.86. The Morgan fingerprint density at radius 3 is 1.67 bits per heavy atom. The predicted molar refractivity (Wildman–Crippen MR) is 94.5 cm³/mol. The fourth-order valence-electron chi connectivity index (χ4n) is 5.37. The standard InChI is InChI=1S/C19H34OS/c1-21(16-10-4-2-5-11-16,17-12-6-3-7-13-17)19-15-9-8-14-18(19)20/h16-17,19H,2-15H2,1H3. The molecule has 0 saturated heterocycles. The number of ketones is 1. The number of carbonyl (C=O) groups is 1. The van der Waals surface area contributed by atoms with E-state index in [1.165, 1.54) is 83.5 Å². The molecule has 0 spiro atoms. The van der Waals surface area contributed by atoms with Crippen LogP contribution in [-0.4, -0.2) is 27.8 Å². The molecule has 21 heavy (non-hydrogen) atoms. The van der Waals surface area contributed by atoms with Crippen LogP contribution >= 0.6 is 10.0 Å². The first-order valence-corrected chi connectivity index (χ1v) is 11.7. The highest BCUT2D eigenvalue weighted by atomic mass is 32.3. The Morgan fingerprint density at radius 2 is 1.19 bits per heavy atom. The van der Waals surface area contributed by atoms with Crippen molar-refractivity contribution in [2.45, 2.75) is 106 Å². The van der Waals surface area contributed by atoms with Crippen molar-refractivity contribution >= 4 is 15.8 Å². The van der Waals surface area contributed by atoms with Crippen LogP contribution in [0.1, 0.15) is 89.9 Å². The molecule has 3 rings (SSSR count). The highest BCUT2D eigenvalue weighted by molar-refractivity contribution is 8.35. The zero-order chi connectivity index (χ0) is 14.7. The molecule has 1 unspecified atom stereocenters. The van der Waals surface area contributed by atoms with Gasteiger partial charge in [0.25, 0.3) is 0 Å². The van der Waals surface area contributed by atoms with Crippen molar-refractivity contribution in [3.8, 4) is 0 Å². The normalized spacial score (nSPS) is 31.3. The second-order valence-corrected chi connectivity index (χ2v) is 12.0. The lowest BCUT2D eigenvalue weighted by atomic mass is 9.98. The van der Waals surface area contributed by atoms with Crippen molar-refractivity contribution in [3.63, 3.8) is 0 Å². The van der Waals surface area contributed by atoms with Crippen LogP contribution in [0.25, 0.3) is 0 Å². The van der Waals surface area contributed by atoms with Gasteiger partial charge in [-0.25, -0.2) is 10.0 Å². The Morgan fingerprint density at radius 1 is 0.714 bits per heavy atom. The summed E-state index contributed by atoms with van der Waals surface area (Å²) in [6.45, 7) is 0. The predicted octanol–water partition coefficient (Wildman–Crippen LogP) is 5.60. The molecule has 1 nitrogen and oxygen atoms in total. The second kappa shape index (κ2) is 7.06. The van der Waals surface area contributed by atoms with Gasteiger partial charge in [-0.15, -0.1) is 0 Å². The molecule has 2 heteroatoms. The highest BCUT2D eigenvalue weighted by Gasteiger charge is 2.45. The van der Waals surface area contributed by atoms with Gasteiger partial charge >= 0.3 is 0 Å². The van der Waals surface area contributed by atoms with Crippen molar-refractivity contribution in [2.24, 2.45) is 0 Å². The molecule has 0 aromatic carbocycles. The van der Waals surface area contributed by atoms with Crippen LogP contribution in [0.4, 0.5) is 0 Å². The molecule has 0 amide bonds. The summed E-state index contributed by atoms with van der Waals surface area (Å²) in [4.78, 5) is 12.7. The molecule has 0 bridgehead atoms. The molecule has 0 aliphatic heterocycles. The molecule has 0 aromatic rings. The van der Waals surface area contributed by atoms with Gasteiger partial charge in [0, 0.05) is 11.7 Å². The number of Topliss-reactive ketones (excluding diaryl/α,β-unsaturated/α-hetero) is 1. The summed E-state index contributed by atoms with van der Waals surface area (Å²) in [6, 6.07) is 0. The first-order valence-electron chi connectivity index (χ1n) is 9.50. The van der Waals surface area contributed by atoms with E-state index >= 15 is 0 Å². The minimum atomic E-state index is -0.743. The van der Waals surface area contributed by atoms with E-state index in [1.54, 1.807) is 0 Å². The smallest absolute Gasteiger partial charge is 0.144 e. The maximum atomic E-state index is 12.7. The second-order valence-electron chi connectivity index (χ2n) is 7.84. The van der Waals surface area contributed by atoms with E-state index in [9.17, 15) is 4.79 Å². The summed E-state index contributed by atoms with van der Waals surface area (Å²) in [6.07, 6.45) is 21.6. The van der Waals surface area contributed by atoms with Crippen LogP contribution in [0.2, 0.25) is 0 Å². The molecular weight excluding hydrogens is 276 g/mol. The van der Waals surface area contributed by atoms with Gasteiger partial charge in [-0.2, -0.15) is 0 Å². The first-order chi connectivity index (χ1) is 10.2. The van der Waals surface area contributed by atoms with E-state index < -0.39 is 10.0 Å². The van der Waals surface area contributed by atoms with E-state index in [0.717, 1.165) is 16.9 Å². The van der Waals surface area contributed by atoms with Crippen LogP contribution < -0.4 is 0 Å². The Labute approximate surface area is 133 Å². The van der Waals surface area contributed by atoms with E-state index in [2.05, 4.69) is 6.26 Å². The SMILES string of the molecule is CS(C1CCCCC1)(C1CCCCC1)C1CCCCC1=O. The van der Waals surface area contributed by atoms with Gasteiger partial charge in [0.15, 0.2) is 0 Å². The Kier molecular flexibility index (Phi) is 5.35. The topological polar surface area (TPSA) is 17.1 Å². The van der Waals surface area contributed by atoms with Gasteiger partial charge < -0.3 is 0 Å². The molecule has 0 radical (unpaired) electrons. The molecule has 1 atom stereocenters. The van der Waals surface area contributed by atoms with Crippen molar-refractivity contribution in [1.82, 2.24) is 0 Å². The lowest BCUT2D eigenvalue weighted by Crippen LogP contribution is -2.43. The first kappa shape index (κ1) is 15.9. The van der Waals surface area contributed by atoms with Crippen LogP contribution in [0, 0.1) is 0 Å². The summed E-state index contributed by atoms with van der Waals surface area (Å²) in [5, 5.41) is 2.32. The maximum absolute atomic E-state index is 12.7. The minimum absolute atomic E-state index is 0.484. The number of carbonyl (C=O) groups excluding carboxylic acids is 1. The quantitative estimate of drug-likeness (QED) is 0.663. The summed E-state index contributed by atoms with van der Waals surface area (Å²) >= 11 is 0. The lowest BCUT2D eigenvalue weighted by molar-refractivity contribution is -0.119. The fraction of sp³-hybridized carbons (Fsp3) is 0.947. The fourth-order valence-corrected chi connectivity index (χ4v) is 10.9. The number of hydrogen-bond acceptors (Lipinski definition) is 1. The highest BCUT2D eigenvalue weighted by Crippen LogP contribution is 2.66. The number of rotatable bonds is 3. The van der Waals surface area contributed by atoms with Gasteiger partial charge in [0.05, 0.1) is 0 Å². The molecule has 0 aromatic heterocycles. The lowest BCUT2D eigenvalue weighted by Gasteiger charge is -2.56. The van der Waals surface area contributed by atoms with Gasteiger partial charge in [-0.3, -0.25) is 4.79 Å². The molecule has 3 fully saturated rings. The third-order valence-corrected chi connectivity index (χ3v) is 12.2. The zero-order valence-corrected chi connectivity index (χ0v) is 14.8. The van der Waals surface area contributed by atoms with Crippen molar-refractivity contribution in [2.75, 3.05) is 6.26 Å². The summed E-state index contributed by atoms with van der Waals surface area (Å²) < 4.78 is 0. The van der Waals surface area contributed by atoms with Crippen LogP contribution in [0.3, 0.4) is 0 Å². The van der Waals surface area contributed by atoms with Crippen molar-refractivity contribution in [3.05, 3.63) is 0 Å². The molecule has 122 valence electrons. The number of hydrogen-bond donors (Lipinski definition) is 0. The van der Waals surface area contributed by atoms with E-state index in [4.69, 9.17) is 0 Å². The van der Waals surface area contributed by atoms with Gasteiger partial charge in [-0.1, -0.05) is 44.9 Å². The molecular formula is C19H34OS. The monoisotopic (exact) mass is 310 g/mol. The van der Waals surface area contributed by atoms with Crippen LogP contribution in [-0.2, 0) is 4.79 Å². The Bertz CT molecular complexity index is 335. The third kappa shape index (κ3) is 3.21. The molecule has 3 aliphatic rings. The average Bonchev–Trinajstić information content (AvgIpc) is 2.56. The molecule has 0 heterocycles. The summed E-state index contributed by atoms with van der Waals surface area (Å²) in [7, 11) is -0.743.